The van der Waals surface area contributed by atoms with Crippen molar-refractivity contribution in [3.63, 3.8) is 0 Å². The number of hydrogen-bond donors (Lipinski definition) is 1. The Hall–Kier alpha value is -2.49. The summed E-state index contributed by atoms with van der Waals surface area (Å²) in [5, 5.41) is 0. The molecule has 1 aliphatic carbocycles. The maximum Gasteiger partial charge on any atom is 0.228 e. The fourth-order valence-electron chi connectivity index (χ4n) is 3.03. The van der Waals surface area contributed by atoms with Gasteiger partial charge in [-0.1, -0.05) is 44.2 Å². The summed E-state index contributed by atoms with van der Waals surface area (Å²) >= 11 is 0. The Morgan fingerprint density at radius 2 is 2.04 bits per heavy atom. The number of amides is 1. The maximum absolute atomic E-state index is 12.3. The quantitative estimate of drug-likeness (QED) is 0.625. The normalized spacial score (nSPS) is 22.8. The minimum atomic E-state index is -0.719. The van der Waals surface area contributed by atoms with Crippen LogP contribution in [0.15, 0.2) is 65.0 Å². The molecule has 2 N–H and O–H groups in total. The van der Waals surface area contributed by atoms with Gasteiger partial charge in [-0.2, -0.15) is 0 Å². The van der Waals surface area contributed by atoms with E-state index in [9.17, 15) is 4.79 Å². The van der Waals surface area contributed by atoms with Crippen LogP contribution in [0.3, 0.4) is 0 Å². The number of primary amides is 1. The van der Waals surface area contributed by atoms with Crippen molar-refractivity contribution < 1.29 is 4.79 Å². The summed E-state index contributed by atoms with van der Waals surface area (Å²) in [5.41, 5.74) is 8.25. The summed E-state index contributed by atoms with van der Waals surface area (Å²) in [7, 11) is 0. The van der Waals surface area contributed by atoms with E-state index in [0.29, 0.717) is 19.4 Å². The Labute approximate surface area is 151 Å². The monoisotopic (exact) mass is 339 g/mol. The summed E-state index contributed by atoms with van der Waals surface area (Å²) in [6, 6.07) is 3.77. The van der Waals surface area contributed by atoms with Crippen molar-refractivity contribution in [2.75, 3.05) is 6.54 Å². The van der Waals surface area contributed by atoms with Crippen LogP contribution in [0, 0.1) is 0 Å². The SMILES string of the molecule is C=NC/C=C1/C[C@](C(N)=O)(c2cccnc2)C/C1=C/C/C=C\C.CC. The number of carbonyl (C=O) groups excluding carboxylic acids is 1. The Morgan fingerprint density at radius 1 is 1.36 bits per heavy atom. The van der Waals surface area contributed by atoms with Gasteiger partial charge in [-0.15, -0.1) is 0 Å². The van der Waals surface area contributed by atoms with E-state index in [2.05, 4.69) is 28.8 Å². The number of aliphatic imine (C=N–C) groups is 1. The standard InChI is InChI=1S/C19H23N3O.C2H6/c1-3-4-5-7-15-12-19(18(20)23,13-16(15)9-11-21-2)17-8-6-10-22-14-17;1-2/h3-4,6-10,14H,2,5,11-13H2,1H3,(H2,20,23);1-2H3/b4-3-,15-7-,16-9-;/t19-;/m0./s1. The smallest absolute Gasteiger partial charge is 0.228 e. The van der Waals surface area contributed by atoms with Crippen LogP contribution in [0.1, 0.15) is 45.6 Å². The van der Waals surface area contributed by atoms with Crippen LogP contribution >= 0.6 is 0 Å². The second-order valence-corrected chi connectivity index (χ2v) is 5.71. The minimum Gasteiger partial charge on any atom is -0.369 e. The first-order valence-corrected chi connectivity index (χ1v) is 8.76. The molecule has 134 valence electrons. The summed E-state index contributed by atoms with van der Waals surface area (Å²) < 4.78 is 0. The molecule has 4 nitrogen and oxygen atoms in total. The summed E-state index contributed by atoms with van der Waals surface area (Å²) in [6.45, 7) is 10.1. The van der Waals surface area contributed by atoms with Crippen molar-refractivity contribution in [3.8, 4) is 0 Å². The highest BCUT2D eigenvalue weighted by Crippen LogP contribution is 2.47. The van der Waals surface area contributed by atoms with Crippen LogP contribution in [0.4, 0.5) is 0 Å². The number of allylic oxidation sites excluding steroid dienone is 5. The van der Waals surface area contributed by atoms with Gasteiger partial charge in [-0.25, -0.2) is 0 Å². The van der Waals surface area contributed by atoms with E-state index in [-0.39, 0.29) is 5.91 Å². The number of rotatable bonds is 6. The van der Waals surface area contributed by atoms with Gasteiger partial charge in [-0.3, -0.25) is 14.8 Å². The molecule has 0 aromatic carbocycles. The average molecular weight is 339 g/mol. The van der Waals surface area contributed by atoms with Crippen LogP contribution in [0.5, 0.6) is 0 Å². The second-order valence-electron chi connectivity index (χ2n) is 5.71. The number of aromatic nitrogens is 1. The molecule has 1 aromatic heterocycles. The Morgan fingerprint density at radius 3 is 2.56 bits per heavy atom. The molecule has 0 radical (unpaired) electrons. The van der Waals surface area contributed by atoms with Gasteiger partial charge in [-0.05, 0) is 55.7 Å². The van der Waals surface area contributed by atoms with Gasteiger partial charge >= 0.3 is 0 Å². The van der Waals surface area contributed by atoms with Crippen LogP contribution in [0.25, 0.3) is 0 Å². The molecule has 1 saturated carbocycles. The number of carbonyl (C=O) groups is 1. The van der Waals surface area contributed by atoms with Crippen LogP contribution in [-0.4, -0.2) is 24.2 Å². The maximum atomic E-state index is 12.3. The van der Waals surface area contributed by atoms with Crippen molar-refractivity contribution in [2.45, 2.75) is 45.4 Å². The molecule has 4 heteroatoms. The van der Waals surface area contributed by atoms with Gasteiger partial charge in [0, 0.05) is 12.4 Å². The Bertz CT molecular complexity index is 659. The topological polar surface area (TPSA) is 68.3 Å². The molecule has 1 fully saturated rings. The lowest BCUT2D eigenvalue weighted by molar-refractivity contribution is -0.123. The fraction of sp³-hybridized carbons (Fsp3) is 0.381. The van der Waals surface area contributed by atoms with Crippen molar-refractivity contribution >= 4 is 12.6 Å². The largest absolute Gasteiger partial charge is 0.369 e. The summed E-state index contributed by atoms with van der Waals surface area (Å²) in [5.74, 6) is -0.308. The van der Waals surface area contributed by atoms with E-state index in [1.54, 1.807) is 12.4 Å². The highest BCUT2D eigenvalue weighted by molar-refractivity contribution is 5.89. The fourth-order valence-corrected chi connectivity index (χ4v) is 3.03. The van der Waals surface area contributed by atoms with Crippen molar-refractivity contribution in [1.82, 2.24) is 4.98 Å². The highest BCUT2D eigenvalue weighted by Gasteiger charge is 2.45. The van der Waals surface area contributed by atoms with Crippen LogP contribution in [0.2, 0.25) is 0 Å². The first-order valence-electron chi connectivity index (χ1n) is 8.76. The molecule has 0 aliphatic heterocycles. The Kier molecular flexibility index (Phi) is 8.54. The average Bonchev–Trinajstić information content (AvgIpc) is 3.03. The van der Waals surface area contributed by atoms with Gasteiger partial charge in [0.05, 0.1) is 12.0 Å². The lowest BCUT2D eigenvalue weighted by atomic mass is 9.78. The van der Waals surface area contributed by atoms with Gasteiger partial charge in [0.1, 0.15) is 0 Å². The number of nitrogens with zero attached hydrogens (tertiary/aromatic N) is 2. The molecule has 1 aromatic rings. The molecular formula is C21H29N3O. The first-order chi connectivity index (χ1) is 12.1. The third-order valence-electron chi connectivity index (χ3n) is 4.29. The summed E-state index contributed by atoms with van der Waals surface area (Å²) in [6.07, 6.45) is 13.8. The predicted octanol–water partition coefficient (Wildman–Crippen LogP) is 4.14. The lowest BCUT2D eigenvalue weighted by Gasteiger charge is -2.24. The third-order valence-corrected chi connectivity index (χ3v) is 4.29. The van der Waals surface area contributed by atoms with E-state index in [1.807, 2.05) is 45.1 Å². The van der Waals surface area contributed by atoms with Gasteiger partial charge < -0.3 is 5.73 Å². The van der Waals surface area contributed by atoms with Crippen molar-refractivity contribution in [2.24, 2.45) is 10.7 Å². The molecular weight excluding hydrogens is 310 g/mol. The predicted molar refractivity (Wildman–Crippen MR) is 106 cm³/mol. The van der Waals surface area contributed by atoms with E-state index in [4.69, 9.17) is 5.73 Å². The van der Waals surface area contributed by atoms with Crippen molar-refractivity contribution in [1.29, 1.82) is 0 Å². The summed E-state index contributed by atoms with van der Waals surface area (Å²) in [4.78, 5) is 20.4. The van der Waals surface area contributed by atoms with Gasteiger partial charge in [0.25, 0.3) is 0 Å². The van der Waals surface area contributed by atoms with E-state index < -0.39 is 5.41 Å². The zero-order valence-electron chi connectivity index (χ0n) is 15.5. The number of hydrogen-bond acceptors (Lipinski definition) is 3. The van der Waals surface area contributed by atoms with E-state index in [1.165, 1.54) is 0 Å². The highest BCUT2D eigenvalue weighted by atomic mass is 16.1. The van der Waals surface area contributed by atoms with Crippen LogP contribution < -0.4 is 5.73 Å². The van der Waals surface area contributed by atoms with Crippen molar-refractivity contribution in [3.05, 3.63) is 65.5 Å². The molecule has 25 heavy (non-hydrogen) atoms. The van der Waals surface area contributed by atoms with E-state index in [0.717, 1.165) is 23.1 Å². The molecule has 0 bridgehead atoms. The van der Waals surface area contributed by atoms with Crippen LogP contribution in [-0.2, 0) is 10.2 Å². The number of pyridine rings is 1. The molecule has 1 atom stereocenters. The molecule has 1 heterocycles. The minimum absolute atomic E-state index is 0.308. The Balaban J connectivity index is 0.00000151. The van der Waals surface area contributed by atoms with E-state index >= 15 is 0 Å². The molecule has 0 spiro atoms. The molecule has 0 saturated heterocycles. The number of nitrogens with two attached hydrogens (primary N) is 1. The molecule has 0 unspecified atom stereocenters. The first kappa shape index (κ1) is 20.6. The zero-order valence-corrected chi connectivity index (χ0v) is 15.5. The molecule has 1 amide bonds. The molecule has 2 rings (SSSR count). The van der Waals surface area contributed by atoms with Gasteiger partial charge in [0.2, 0.25) is 5.91 Å². The zero-order chi connectivity index (χ0) is 18.7. The van der Waals surface area contributed by atoms with Gasteiger partial charge in [0.15, 0.2) is 0 Å². The third kappa shape index (κ3) is 4.99. The lowest BCUT2D eigenvalue weighted by Crippen LogP contribution is -2.39. The second kappa shape index (κ2) is 10.4. The molecule has 1 aliphatic rings.